The standard InChI is InChI=1S/C23H32N2O4/c1-23(2,3)29-22(28)25-14-12-24(13-15-25)21(27)11-10-20(26)19-9-8-17-6-4-5-7-18(17)16-19/h8-9,16H,4-7,10-15H2,1-3H3. The Hall–Kier alpha value is -2.37. The summed E-state index contributed by atoms with van der Waals surface area (Å²) < 4.78 is 5.38. The molecule has 29 heavy (non-hydrogen) atoms. The van der Waals surface area contributed by atoms with Crippen LogP contribution in [0.1, 0.15) is 67.9 Å². The second-order valence-electron chi connectivity index (χ2n) is 8.96. The highest BCUT2D eigenvalue weighted by molar-refractivity contribution is 5.98. The zero-order valence-corrected chi connectivity index (χ0v) is 17.8. The Morgan fingerprint density at radius 2 is 1.52 bits per heavy atom. The smallest absolute Gasteiger partial charge is 0.410 e. The summed E-state index contributed by atoms with van der Waals surface area (Å²) in [6, 6.07) is 5.98. The molecular weight excluding hydrogens is 368 g/mol. The SMILES string of the molecule is CC(C)(C)OC(=O)N1CCN(C(=O)CCC(=O)c2ccc3c(c2)CCCC3)CC1. The monoisotopic (exact) mass is 400 g/mol. The van der Waals surface area contributed by atoms with Gasteiger partial charge in [0.15, 0.2) is 5.78 Å². The van der Waals surface area contributed by atoms with Crippen molar-refractivity contribution in [3.63, 3.8) is 0 Å². The molecule has 158 valence electrons. The Labute approximate surface area is 173 Å². The Kier molecular flexibility index (Phi) is 6.60. The minimum atomic E-state index is -0.527. The van der Waals surface area contributed by atoms with Crippen LogP contribution in [0.5, 0.6) is 0 Å². The van der Waals surface area contributed by atoms with E-state index in [1.807, 2.05) is 32.9 Å². The zero-order valence-electron chi connectivity index (χ0n) is 17.8. The summed E-state index contributed by atoms with van der Waals surface area (Å²) in [5.41, 5.74) is 2.83. The number of piperazine rings is 1. The van der Waals surface area contributed by atoms with Gasteiger partial charge in [0, 0.05) is 44.6 Å². The van der Waals surface area contributed by atoms with Crippen LogP contribution in [-0.4, -0.2) is 59.4 Å². The van der Waals surface area contributed by atoms with Gasteiger partial charge in [0.2, 0.25) is 5.91 Å². The molecule has 1 fully saturated rings. The number of carbonyl (C=O) groups is 3. The predicted molar refractivity (Wildman–Crippen MR) is 111 cm³/mol. The summed E-state index contributed by atoms with van der Waals surface area (Å²) in [7, 11) is 0. The lowest BCUT2D eigenvalue weighted by molar-refractivity contribution is -0.132. The molecule has 1 aromatic carbocycles. The van der Waals surface area contributed by atoms with E-state index in [1.54, 1.807) is 9.80 Å². The van der Waals surface area contributed by atoms with Crippen molar-refractivity contribution in [2.24, 2.45) is 0 Å². The van der Waals surface area contributed by atoms with Gasteiger partial charge in [-0.05, 0) is 63.6 Å². The number of rotatable bonds is 4. The van der Waals surface area contributed by atoms with E-state index in [1.165, 1.54) is 24.0 Å². The fourth-order valence-electron chi connectivity index (χ4n) is 3.89. The first kappa shape index (κ1) is 21.3. The van der Waals surface area contributed by atoms with E-state index < -0.39 is 5.60 Å². The Balaban J connectivity index is 1.45. The van der Waals surface area contributed by atoms with Crippen LogP contribution in [0.3, 0.4) is 0 Å². The van der Waals surface area contributed by atoms with Gasteiger partial charge in [-0.2, -0.15) is 0 Å². The molecule has 0 atom stereocenters. The molecule has 0 aromatic heterocycles. The van der Waals surface area contributed by atoms with E-state index in [4.69, 9.17) is 4.74 Å². The van der Waals surface area contributed by atoms with Gasteiger partial charge < -0.3 is 14.5 Å². The van der Waals surface area contributed by atoms with Gasteiger partial charge in [-0.3, -0.25) is 9.59 Å². The van der Waals surface area contributed by atoms with Crippen LogP contribution < -0.4 is 0 Å². The number of fused-ring (bicyclic) bond motifs is 1. The number of aryl methyl sites for hydroxylation is 2. The van der Waals surface area contributed by atoms with E-state index in [0.717, 1.165) is 12.8 Å². The maximum Gasteiger partial charge on any atom is 0.410 e. The first-order chi connectivity index (χ1) is 13.7. The number of amides is 2. The van der Waals surface area contributed by atoms with Crippen LogP contribution in [0.25, 0.3) is 0 Å². The maximum absolute atomic E-state index is 12.6. The average Bonchev–Trinajstić information content (AvgIpc) is 2.70. The Morgan fingerprint density at radius 3 is 2.17 bits per heavy atom. The molecule has 3 rings (SSSR count). The number of Topliss-reactive ketones (excluding diaryl/α,β-unsaturated/α-hetero) is 1. The third-order valence-corrected chi connectivity index (χ3v) is 5.52. The van der Waals surface area contributed by atoms with Crippen molar-refractivity contribution in [1.29, 1.82) is 0 Å². The van der Waals surface area contributed by atoms with E-state index in [0.29, 0.717) is 31.7 Å². The Bertz CT molecular complexity index is 774. The maximum atomic E-state index is 12.6. The molecule has 0 bridgehead atoms. The molecule has 0 spiro atoms. The largest absolute Gasteiger partial charge is 0.444 e. The summed E-state index contributed by atoms with van der Waals surface area (Å²) in [5, 5.41) is 0. The van der Waals surface area contributed by atoms with Crippen LogP contribution in [0, 0.1) is 0 Å². The van der Waals surface area contributed by atoms with Crippen molar-refractivity contribution in [1.82, 2.24) is 9.80 Å². The van der Waals surface area contributed by atoms with Crippen LogP contribution in [0.15, 0.2) is 18.2 Å². The predicted octanol–water partition coefficient (Wildman–Crippen LogP) is 3.61. The molecule has 1 aromatic rings. The molecule has 6 heteroatoms. The number of hydrogen-bond donors (Lipinski definition) is 0. The lowest BCUT2D eigenvalue weighted by atomic mass is 9.89. The molecule has 1 aliphatic heterocycles. The van der Waals surface area contributed by atoms with Gasteiger partial charge in [0.25, 0.3) is 0 Å². The summed E-state index contributed by atoms with van der Waals surface area (Å²) in [6.07, 6.45) is 4.63. The number of nitrogens with zero attached hydrogens (tertiary/aromatic N) is 2. The number of carbonyl (C=O) groups excluding carboxylic acids is 3. The van der Waals surface area contributed by atoms with Crippen LogP contribution in [0.4, 0.5) is 4.79 Å². The third-order valence-electron chi connectivity index (χ3n) is 5.52. The lowest BCUT2D eigenvalue weighted by Crippen LogP contribution is -2.51. The summed E-state index contributed by atoms with van der Waals surface area (Å²) in [4.78, 5) is 40.6. The van der Waals surface area contributed by atoms with Crippen molar-refractivity contribution in [3.05, 3.63) is 34.9 Å². The van der Waals surface area contributed by atoms with E-state index in [-0.39, 0.29) is 30.6 Å². The third kappa shape index (κ3) is 5.81. The minimum Gasteiger partial charge on any atom is -0.444 e. The number of benzene rings is 1. The molecule has 1 aliphatic carbocycles. The highest BCUT2D eigenvalue weighted by Crippen LogP contribution is 2.23. The molecule has 0 unspecified atom stereocenters. The Morgan fingerprint density at radius 1 is 0.897 bits per heavy atom. The summed E-state index contributed by atoms with van der Waals surface area (Å²) in [5.74, 6) is -0.000682. The van der Waals surface area contributed by atoms with Crippen molar-refractivity contribution >= 4 is 17.8 Å². The molecule has 0 saturated carbocycles. The van der Waals surface area contributed by atoms with Crippen LogP contribution in [0.2, 0.25) is 0 Å². The molecule has 2 amide bonds. The molecule has 0 N–H and O–H groups in total. The number of ketones is 1. The molecule has 1 saturated heterocycles. The first-order valence-electron chi connectivity index (χ1n) is 10.6. The molecule has 2 aliphatic rings. The molecule has 6 nitrogen and oxygen atoms in total. The summed E-state index contributed by atoms with van der Waals surface area (Å²) >= 11 is 0. The minimum absolute atomic E-state index is 0.0270. The van der Waals surface area contributed by atoms with Crippen molar-refractivity contribution in [2.75, 3.05) is 26.2 Å². The quantitative estimate of drug-likeness (QED) is 0.724. The van der Waals surface area contributed by atoms with Gasteiger partial charge in [0.1, 0.15) is 5.60 Å². The average molecular weight is 401 g/mol. The van der Waals surface area contributed by atoms with Crippen LogP contribution >= 0.6 is 0 Å². The molecule has 1 heterocycles. The highest BCUT2D eigenvalue weighted by atomic mass is 16.6. The van der Waals surface area contributed by atoms with E-state index in [2.05, 4.69) is 6.07 Å². The van der Waals surface area contributed by atoms with Gasteiger partial charge in [-0.1, -0.05) is 12.1 Å². The number of hydrogen-bond acceptors (Lipinski definition) is 4. The molecular formula is C23H32N2O4. The molecule has 0 radical (unpaired) electrons. The fraction of sp³-hybridized carbons (Fsp3) is 0.609. The normalized spacial score (nSPS) is 16.9. The highest BCUT2D eigenvalue weighted by Gasteiger charge is 2.27. The van der Waals surface area contributed by atoms with E-state index >= 15 is 0 Å². The second kappa shape index (κ2) is 8.97. The van der Waals surface area contributed by atoms with Gasteiger partial charge >= 0.3 is 6.09 Å². The van der Waals surface area contributed by atoms with Gasteiger partial charge in [-0.15, -0.1) is 0 Å². The second-order valence-corrected chi connectivity index (χ2v) is 8.96. The van der Waals surface area contributed by atoms with Crippen molar-refractivity contribution in [2.45, 2.75) is 64.9 Å². The summed E-state index contributed by atoms with van der Waals surface area (Å²) in [6.45, 7) is 7.38. The van der Waals surface area contributed by atoms with Gasteiger partial charge in [0.05, 0.1) is 0 Å². The van der Waals surface area contributed by atoms with Crippen LogP contribution in [-0.2, 0) is 22.4 Å². The zero-order chi connectivity index (χ0) is 21.0. The van der Waals surface area contributed by atoms with Crippen molar-refractivity contribution < 1.29 is 19.1 Å². The lowest BCUT2D eigenvalue weighted by Gasteiger charge is -2.35. The fourth-order valence-corrected chi connectivity index (χ4v) is 3.89. The first-order valence-corrected chi connectivity index (χ1v) is 10.6. The van der Waals surface area contributed by atoms with Crippen molar-refractivity contribution in [3.8, 4) is 0 Å². The number of ether oxygens (including phenoxy) is 1. The topological polar surface area (TPSA) is 66.9 Å². The van der Waals surface area contributed by atoms with E-state index in [9.17, 15) is 14.4 Å². The van der Waals surface area contributed by atoms with Gasteiger partial charge in [-0.25, -0.2) is 4.79 Å².